The molecule has 4 aliphatic carbocycles. The second-order valence-corrected chi connectivity index (χ2v) is 11.8. The van der Waals surface area contributed by atoms with Crippen LogP contribution in [-0.4, -0.2) is 22.4 Å². The lowest BCUT2D eigenvalue weighted by molar-refractivity contribution is -0.203. The van der Waals surface area contributed by atoms with Crippen LogP contribution in [0.4, 0.5) is 0 Å². The van der Waals surface area contributed by atoms with Crippen molar-refractivity contribution >= 4 is 0 Å². The summed E-state index contributed by atoms with van der Waals surface area (Å²) < 4.78 is 0. The zero-order chi connectivity index (χ0) is 21.0. The highest BCUT2D eigenvalue weighted by Gasteiger charge is 2.64. The Hall–Kier alpha value is -0.590. The molecule has 0 aromatic carbocycles. The van der Waals surface area contributed by atoms with Crippen molar-refractivity contribution in [3.63, 3.8) is 0 Å². The third-order valence-corrected chi connectivity index (χ3v) is 10.9. The normalized spacial score (nSPS) is 52.7. The summed E-state index contributed by atoms with van der Waals surface area (Å²) in [5, 5.41) is 31.2. The van der Waals surface area contributed by atoms with Gasteiger partial charge in [-0.3, -0.25) is 0 Å². The molecule has 0 heterocycles. The van der Waals surface area contributed by atoms with E-state index in [4.69, 9.17) is 5.26 Å². The first-order valence-corrected chi connectivity index (χ1v) is 12.5. The van der Waals surface area contributed by atoms with E-state index in [1.54, 1.807) is 0 Å². The lowest BCUT2D eigenvalue weighted by Gasteiger charge is -2.64. The zero-order valence-electron chi connectivity index (χ0n) is 19.1. The van der Waals surface area contributed by atoms with E-state index < -0.39 is 0 Å². The summed E-state index contributed by atoms with van der Waals surface area (Å²) >= 11 is 0. The first-order valence-electron chi connectivity index (χ1n) is 12.5. The average molecular weight is 402 g/mol. The van der Waals surface area contributed by atoms with Gasteiger partial charge in [0.05, 0.1) is 18.3 Å². The van der Waals surface area contributed by atoms with Gasteiger partial charge in [0.15, 0.2) is 0 Å². The standard InChI is InChI=1S/C26H43NO2/c1-5-18-22-15-17(28)10-12-26(22,4)21-11-13-25(3)19(16(2)7-6-14-27)8-9-20(25)23(21)24(18)29/h16-24,28-29H,5-13,15H2,1-4H3/t16-,17-,18-,19?,20?,21?,22+,23?,24-,25-,26-/m1/s1. The molecule has 0 aromatic heterocycles. The molecule has 4 fully saturated rings. The van der Waals surface area contributed by atoms with Crippen LogP contribution in [0.3, 0.4) is 0 Å². The Balaban J connectivity index is 1.64. The van der Waals surface area contributed by atoms with E-state index in [0.29, 0.717) is 53.3 Å². The lowest BCUT2D eigenvalue weighted by atomic mass is 9.41. The van der Waals surface area contributed by atoms with E-state index in [-0.39, 0.29) is 17.6 Å². The van der Waals surface area contributed by atoms with Crippen LogP contribution in [0.2, 0.25) is 0 Å². The largest absolute Gasteiger partial charge is 0.393 e. The van der Waals surface area contributed by atoms with Crippen LogP contribution in [0.5, 0.6) is 0 Å². The molecule has 0 bridgehead atoms. The van der Waals surface area contributed by atoms with Crippen molar-refractivity contribution in [2.45, 2.75) is 104 Å². The molecular formula is C26H43NO2. The Morgan fingerprint density at radius 1 is 1.00 bits per heavy atom. The molecule has 0 radical (unpaired) electrons. The maximum atomic E-state index is 11.7. The van der Waals surface area contributed by atoms with Crippen molar-refractivity contribution in [3.8, 4) is 6.07 Å². The number of rotatable bonds is 4. The zero-order valence-corrected chi connectivity index (χ0v) is 19.1. The molecule has 4 unspecified atom stereocenters. The van der Waals surface area contributed by atoms with E-state index in [0.717, 1.165) is 32.1 Å². The van der Waals surface area contributed by atoms with Crippen molar-refractivity contribution < 1.29 is 10.2 Å². The van der Waals surface area contributed by atoms with Gasteiger partial charge in [0.2, 0.25) is 0 Å². The van der Waals surface area contributed by atoms with Gasteiger partial charge in [-0.05, 0) is 104 Å². The van der Waals surface area contributed by atoms with Crippen LogP contribution in [0.1, 0.15) is 91.9 Å². The van der Waals surface area contributed by atoms with Gasteiger partial charge < -0.3 is 10.2 Å². The van der Waals surface area contributed by atoms with E-state index in [9.17, 15) is 10.2 Å². The first-order chi connectivity index (χ1) is 13.8. The predicted octanol–water partition coefficient (Wildman–Crippen LogP) is 5.55. The number of hydrogen-bond acceptors (Lipinski definition) is 3. The number of nitriles is 1. The fourth-order valence-corrected chi connectivity index (χ4v) is 9.43. The highest BCUT2D eigenvalue weighted by atomic mass is 16.3. The molecule has 2 N–H and O–H groups in total. The van der Waals surface area contributed by atoms with Crippen LogP contribution >= 0.6 is 0 Å². The Kier molecular flexibility index (Phi) is 5.84. The summed E-state index contributed by atoms with van der Waals surface area (Å²) in [5.41, 5.74) is 0.613. The average Bonchev–Trinajstić information content (AvgIpc) is 3.05. The molecule has 11 atom stereocenters. The van der Waals surface area contributed by atoms with Crippen LogP contribution in [0.15, 0.2) is 0 Å². The molecule has 0 amide bonds. The molecule has 29 heavy (non-hydrogen) atoms. The molecule has 0 saturated heterocycles. The number of nitrogens with zero attached hydrogens (tertiary/aromatic N) is 1. The van der Waals surface area contributed by atoms with Gasteiger partial charge in [0.1, 0.15) is 0 Å². The fraction of sp³-hybridized carbons (Fsp3) is 0.962. The topological polar surface area (TPSA) is 64.2 Å². The van der Waals surface area contributed by atoms with E-state index in [1.165, 1.54) is 25.7 Å². The van der Waals surface area contributed by atoms with E-state index in [2.05, 4.69) is 33.8 Å². The monoisotopic (exact) mass is 401 g/mol. The third kappa shape index (κ3) is 3.20. The molecule has 0 aromatic rings. The Bertz CT molecular complexity index is 643. The van der Waals surface area contributed by atoms with Gasteiger partial charge in [-0.15, -0.1) is 0 Å². The number of hydrogen-bond donors (Lipinski definition) is 2. The van der Waals surface area contributed by atoms with Crippen molar-refractivity contribution in [2.24, 2.45) is 52.3 Å². The van der Waals surface area contributed by atoms with Crippen LogP contribution in [-0.2, 0) is 0 Å². The number of aliphatic hydroxyl groups is 2. The summed E-state index contributed by atoms with van der Waals surface area (Å²) in [6.07, 6.45) is 10.4. The van der Waals surface area contributed by atoms with E-state index in [1.807, 2.05) is 0 Å². The minimum atomic E-state index is -0.203. The van der Waals surface area contributed by atoms with Gasteiger partial charge in [-0.25, -0.2) is 0 Å². The number of aliphatic hydroxyl groups excluding tert-OH is 2. The molecule has 3 nitrogen and oxygen atoms in total. The summed E-state index contributed by atoms with van der Waals surface area (Å²) in [4.78, 5) is 0. The summed E-state index contributed by atoms with van der Waals surface area (Å²) in [7, 11) is 0. The number of fused-ring (bicyclic) bond motifs is 5. The maximum Gasteiger partial charge on any atom is 0.0621 e. The Labute approximate surface area is 178 Å². The molecule has 0 spiro atoms. The molecule has 4 aliphatic rings. The molecule has 4 rings (SSSR count). The van der Waals surface area contributed by atoms with E-state index >= 15 is 0 Å². The summed E-state index contributed by atoms with van der Waals surface area (Å²) in [6, 6.07) is 2.35. The first kappa shape index (κ1) is 21.6. The summed E-state index contributed by atoms with van der Waals surface area (Å²) in [5.74, 6) is 3.80. The highest BCUT2D eigenvalue weighted by Crippen LogP contribution is 2.69. The lowest BCUT2D eigenvalue weighted by Crippen LogP contribution is -2.62. The second-order valence-electron chi connectivity index (χ2n) is 11.8. The van der Waals surface area contributed by atoms with Crippen molar-refractivity contribution in [3.05, 3.63) is 0 Å². The molecule has 164 valence electrons. The Morgan fingerprint density at radius 3 is 2.38 bits per heavy atom. The van der Waals surface area contributed by atoms with Crippen LogP contribution in [0.25, 0.3) is 0 Å². The second kappa shape index (κ2) is 7.83. The van der Waals surface area contributed by atoms with Crippen molar-refractivity contribution in [2.75, 3.05) is 0 Å². The van der Waals surface area contributed by atoms with Crippen LogP contribution < -0.4 is 0 Å². The maximum absolute atomic E-state index is 11.7. The molecular weight excluding hydrogens is 358 g/mol. The predicted molar refractivity (Wildman–Crippen MR) is 116 cm³/mol. The van der Waals surface area contributed by atoms with Crippen molar-refractivity contribution in [1.29, 1.82) is 5.26 Å². The quantitative estimate of drug-likeness (QED) is 0.649. The Morgan fingerprint density at radius 2 is 1.69 bits per heavy atom. The highest BCUT2D eigenvalue weighted by molar-refractivity contribution is 5.13. The minimum absolute atomic E-state index is 0.170. The minimum Gasteiger partial charge on any atom is -0.393 e. The molecule has 0 aliphatic heterocycles. The summed E-state index contributed by atoms with van der Waals surface area (Å²) in [6.45, 7) is 9.66. The smallest absolute Gasteiger partial charge is 0.0621 e. The van der Waals surface area contributed by atoms with Gasteiger partial charge >= 0.3 is 0 Å². The SMILES string of the molecule is CC[C@H]1[C@@H](O)C2C3CCC([C@H](C)CCC#N)[C@@]3(C)CCC2[C@@]2(C)CC[C@@H](O)C[C@@H]12. The van der Waals surface area contributed by atoms with Gasteiger partial charge in [-0.2, -0.15) is 5.26 Å². The van der Waals surface area contributed by atoms with Crippen molar-refractivity contribution in [1.82, 2.24) is 0 Å². The molecule has 3 heteroatoms. The molecule has 4 saturated carbocycles. The van der Waals surface area contributed by atoms with Gasteiger partial charge in [0, 0.05) is 6.42 Å². The fourth-order valence-electron chi connectivity index (χ4n) is 9.43. The van der Waals surface area contributed by atoms with Gasteiger partial charge in [-0.1, -0.05) is 34.1 Å². The third-order valence-electron chi connectivity index (χ3n) is 10.9. The van der Waals surface area contributed by atoms with Crippen LogP contribution in [0, 0.1) is 63.6 Å². The van der Waals surface area contributed by atoms with Gasteiger partial charge in [0.25, 0.3) is 0 Å².